The van der Waals surface area contributed by atoms with Gasteiger partial charge in [-0.15, -0.1) is 0 Å². The van der Waals surface area contributed by atoms with Gasteiger partial charge in [-0.1, -0.05) is 0 Å². The van der Waals surface area contributed by atoms with Crippen molar-refractivity contribution in [3.05, 3.63) is 47.8 Å². The second kappa shape index (κ2) is 8.35. The molecule has 1 aromatic heterocycles. The van der Waals surface area contributed by atoms with Gasteiger partial charge in [0.2, 0.25) is 10.0 Å². The van der Waals surface area contributed by atoms with Crippen molar-refractivity contribution in [1.29, 1.82) is 0 Å². The number of halogens is 1. The van der Waals surface area contributed by atoms with E-state index in [4.69, 9.17) is 9.15 Å². The molecule has 1 N–H and O–H groups in total. The van der Waals surface area contributed by atoms with E-state index >= 15 is 0 Å². The molecular weight excluding hydrogens is 411 g/mol. The van der Waals surface area contributed by atoms with Crippen molar-refractivity contribution in [1.82, 2.24) is 5.32 Å². The number of nitrogens with one attached hydrogen (secondary N) is 1. The normalized spacial score (nSPS) is 11.5. The molecule has 0 spiro atoms. The van der Waals surface area contributed by atoms with Gasteiger partial charge < -0.3 is 14.5 Å². The van der Waals surface area contributed by atoms with Gasteiger partial charge in [-0.25, -0.2) is 12.8 Å². The highest BCUT2D eigenvalue weighted by Gasteiger charge is 2.26. The Hall–Kier alpha value is -3.07. The van der Waals surface area contributed by atoms with Crippen LogP contribution in [-0.4, -0.2) is 40.8 Å². The van der Waals surface area contributed by atoms with Gasteiger partial charge in [0.1, 0.15) is 22.9 Å². The minimum Gasteiger partial charge on any atom is -0.492 e. The summed E-state index contributed by atoms with van der Waals surface area (Å²) >= 11 is 0. The molecule has 160 valence electrons. The molecule has 3 aromatic rings. The van der Waals surface area contributed by atoms with Crippen LogP contribution in [0, 0.1) is 5.82 Å². The summed E-state index contributed by atoms with van der Waals surface area (Å²) in [6, 6.07) is 8.72. The summed E-state index contributed by atoms with van der Waals surface area (Å²) < 4.78 is 50.8. The predicted octanol–water partition coefficient (Wildman–Crippen LogP) is 3.78. The highest BCUT2D eigenvalue weighted by Crippen LogP contribution is 2.41. The number of hydrogen-bond donors (Lipinski definition) is 1. The molecule has 7 nitrogen and oxygen atoms in total. The van der Waals surface area contributed by atoms with E-state index in [9.17, 15) is 17.6 Å². The molecule has 3 rings (SSSR count). The van der Waals surface area contributed by atoms with Crippen molar-refractivity contribution < 1.29 is 26.8 Å². The standard InChI is InChI=1S/C21H23FN2O5S/c1-5-24(30(4,26)27)16-12-17-15(11-18(16)28-6-2)19(21(25)23-3)20(29-17)13-7-9-14(22)10-8-13/h7-12H,5-6H2,1-4H3,(H,23,25). The van der Waals surface area contributed by atoms with Crippen LogP contribution in [0.3, 0.4) is 0 Å². The number of carbonyl (C=O) groups is 1. The van der Waals surface area contributed by atoms with E-state index in [1.54, 1.807) is 26.0 Å². The van der Waals surface area contributed by atoms with Crippen molar-refractivity contribution >= 4 is 32.6 Å². The monoisotopic (exact) mass is 434 g/mol. The topological polar surface area (TPSA) is 88.8 Å². The van der Waals surface area contributed by atoms with Crippen molar-refractivity contribution in [3.8, 4) is 17.1 Å². The van der Waals surface area contributed by atoms with Gasteiger partial charge in [-0.3, -0.25) is 9.10 Å². The minimum atomic E-state index is -3.57. The van der Waals surface area contributed by atoms with Gasteiger partial charge in [0.05, 0.1) is 24.1 Å². The average Bonchev–Trinajstić information content (AvgIpc) is 3.06. The lowest BCUT2D eigenvalue weighted by atomic mass is 10.0. The van der Waals surface area contributed by atoms with Crippen LogP contribution in [0.15, 0.2) is 40.8 Å². The fourth-order valence-electron chi connectivity index (χ4n) is 3.32. The second-order valence-corrected chi connectivity index (χ2v) is 8.48. The first-order valence-corrected chi connectivity index (χ1v) is 11.2. The zero-order valence-electron chi connectivity index (χ0n) is 17.2. The van der Waals surface area contributed by atoms with E-state index in [2.05, 4.69) is 5.32 Å². The molecule has 2 aromatic carbocycles. The van der Waals surface area contributed by atoms with E-state index in [-0.39, 0.29) is 17.9 Å². The second-order valence-electron chi connectivity index (χ2n) is 6.57. The number of benzene rings is 2. The van der Waals surface area contributed by atoms with Crippen LogP contribution in [0.4, 0.5) is 10.1 Å². The molecule has 0 radical (unpaired) electrons. The summed E-state index contributed by atoms with van der Waals surface area (Å²) in [6.07, 6.45) is 1.11. The van der Waals surface area contributed by atoms with E-state index in [0.29, 0.717) is 34.6 Å². The molecule has 1 amide bonds. The van der Waals surface area contributed by atoms with E-state index < -0.39 is 21.7 Å². The van der Waals surface area contributed by atoms with Gasteiger partial charge in [-0.05, 0) is 44.2 Å². The summed E-state index contributed by atoms with van der Waals surface area (Å²) in [4.78, 5) is 12.7. The van der Waals surface area contributed by atoms with Gasteiger partial charge in [0.25, 0.3) is 5.91 Å². The third-order valence-corrected chi connectivity index (χ3v) is 5.84. The van der Waals surface area contributed by atoms with Crippen LogP contribution >= 0.6 is 0 Å². The first-order chi connectivity index (χ1) is 14.2. The lowest BCUT2D eigenvalue weighted by Gasteiger charge is -2.23. The largest absolute Gasteiger partial charge is 0.492 e. The summed E-state index contributed by atoms with van der Waals surface area (Å²) in [5.41, 5.74) is 1.40. The van der Waals surface area contributed by atoms with Crippen LogP contribution in [0.25, 0.3) is 22.3 Å². The van der Waals surface area contributed by atoms with E-state index in [1.165, 1.54) is 35.6 Å². The van der Waals surface area contributed by atoms with Gasteiger partial charge in [-0.2, -0.15) is 0 Å². The fourth-order valence-corrected chi connectivity index (χ4v) is 4.29. The van der Waals surface area contributed by atoms with Crippen molar-refractivity contribution in [2.45, 2.75) is 13.8 Å². The van der Waals surface area contributed by atoms with Crippen molar-refractivity contribution in [2.24, 2.45) is 0 Å². The predicted molar refractivity (Wildman–Crippen MR) is 114 cm³/mol. The smallest absolute Gasteiger partial charge is 0.255 e. The molecule has 0 atom stereocenters. The highest BCUT2D eigenvalue weighted by atomic mass is 32.2. The molecule has 0 saturated carbocycles. The number of anilines is 1. The van der Waals surface area contributed by atoms with E-state index in [1.807, 2.05) is 0 Å². The lowest BCUT2D eigenvalue weighted by Crippen LogP contribution is -2.29. The number of nitrogens with zero attached hydrogens (tertiary/aromatic N) is 1. The number of ether oxygens (including phenoxy) is 1. The number of hydrogen-bond acceptors (Lipinski definition) is 5. The van der Waals surface area contributed by atoms with Gasteiger partial charge in [0, 0.05) is 30.6 Å². The van der Waals surface area contributed by atoms with Crippen LogP contribution < -0.4 is 14.4 Å². The Labute approximate surface area is 174 Å². The zero-order valence-corrected chi connectivity index (χ0v) is 18.0. The first kappa shape index (κ1) is 21.6. The van der Waals surface area contributed by atoms with Gasteiger partial charge >= 0.3 is 0 Å². The maximum absolute atomic E-state index is 13.4. The van der Waals surface area contributed by atoms with Gasteiger partial charge in [0.15, 0.2) is 0 Å². The third kappa shape index (κ3) is 3.97. The highest BCUT2D eigenvalue weighted by molar-refractivity contribution is 7.92. The number of sulfonamides is 1. The number of rotatable bonds is 7. The molecule has 0 aliphatic carbocycles. The van der Waals surface area contributed by atoms with E-state index in [0.717, 1.165) is 6.26 Å². The molecule has 0 aliphatic rings. The summed E-state index contributed by atoms with van der Waals surface area (Å²) in [7, 11) is -2.07. The molecular formula is C21H23FN2O5S. The quantitative estimate of drug-likeness (QED) is 0.611. The Morgan fingerprint density at radius 2 is 1.87 bits per heavy atom. The maximum Gasteiger partial charge on any atom is 0.255 e. The van der Waals surface area contributed by atoms with Crippen molar-refractivity contribution in [3.63, 3.8) is 0 Å². The number of amides is 1. The summed E-state index contributed by atoms with van der Waals surface area (Å²) in [5, 5.41) is 3.05. The fraction of sp³-hybridized carbons (Fsp3) is 0.286. The van der Waals surface area contributed by atoms with Crippen molar-refractivity contribution in [2.75, 3.05) is 30.8 Å². The molecule has 0 saturated heterocycles. The maximum atomic E-state index is 13.4. The van der Waals surface area contributed by atoms with Crippen LogP contribution in [0.2, 0.25) is 0 Å². The Bertz CT molecular complexity index is 1190. The lowest BCUT2D eigenvalue weighted by molar-refractivity contribution is 0.0964. The summed E-state index contributed by atoms with van der Waals surface area (Å²) in [6.45, 7) is 3.99. The van der Waals surface area contributed by atoms with Crippen LogP contribution in [0.1, 0.15) is 24.2 Å². The average molecular weight is 434 g/mol. The number of carbonyl (C=O) groups excluding carboxylic acids is 1. The molecule has 0 bridgehead atoms. The molecule has 30 heavy (non-hydrogen) atoms. The third-order valence-electron chi connectivity index (χ3n) is 4.59. The first-order valence-electron chi connectivity index (χ1n) is 9.40. The minimum absolute atomic E-state index is 0.193. The summed E-state index contributed by atoms with van der Waals surface area (Å²) in [5.74, 6) is -0.233. The SMILES string of the molecule is CCOc1cc2c(C(=O)NC)c(-c3ccc(F)cc3)oc2cc1N(CC)S(C)(=O)=O. The Morgan fingerprint density at radius 3 is 2.40 bits per heavy atom. The Morgan fingerprint density at radius 1 is 1.20 bits per heavy atom. The number of fused-ring (bicyclic) bond motifs is 1. The molecule has 0 fully saturated rings. The molecule has 0 aliphatic heterocycles. The Balaban J connectivity index is 2.35. The zero-order chi connectivity index (χ0) is 22.1. The molecule has 9 heteroatoms. The molecule has 0 unspecified atom stereocenters. The number of furan rings is 1. The van der Waals surface area contributed by atoms with Crippen LogP contribution in [-0.2, 0) is 10.0 Å². The molecule has 1 heterocycles. The Kier molecular flexibility index (Phi) is 6.02. The van der Waals surface area contributed by atoms with Crippen LogP contribution in [0.5, 0.6) is 5.75 Å².